The third kappa shape index (κ3) is 6.79. The van der Waals surface area contributed by atoms with Crippen molar-refractivity contribution in [2.45, 2.75) is 51.2 Å². The van der Waals surface area contributed by atoms with Crippen molar-refractivity contribution < 1.29 is 9.18 Å². The SMILES string of the molecule is Cc1ccn(C2CCNCC2)c(=O)c1C(=O)NC1CCCN(Cc2ccc(F)cc2)C1.Cl.Cl. The van der Waals surface area contributed by atoms with Gasteiger partial charge in [-0.2, -0.15) is 0 Å². The lowest BCUT2D eigenvalue weighted by Crippen LogP contribution is -2.48. The lowest BCUT2D eigenvalue weighted by Gasteiger charge is -2.33. The van der Waals surface area contributed by atoms with Crippen molar-refractivity contribution in [3.8, 4) is 0 Å². The molecule has 1 amide bonds. The Labute approximate surface area is 206 Å². The van der Waals surface area contributed by atoms with Gasteiger partial charge in [-0.25, -0.2) is 4.39 Å². The summed E-state index contributed by atoms with van der Waals surface area (Å²) in [5.74, 6) is -0.514. The Bertz CT molecular complexity index is 977. The van der Waals surface area contributed by atoms with Crippen LogP contribution in [-0.4, -0.2) is 47.6 Å². The molecule has 0 radical (unpaired) electrons. The number of halogens is 3. The fourth-order valence-corrected chi connectivity index (χ4v) is 4.71. The van der Waals surface area contributed by atoms with Crippen LogP contribution >= 0.6 is 24.8 Å². The minimum Gasteiger partial charge on any atom is -0.348 e. The second-order valence-corrected chi connectivity index (χ2v) is 8.74. The summed E-state index contributed by atoms with van der Waals surface area (Å²) in [7, 11) is 0. The number of aryl methyl sites for hydroxylation is 1. The Balaban J connectivity index is 0.00000193. The molecule has 1 aromatic carbocycles. The molecule has 2 aromatic rings. The minimum absolute atomic E-state index is 0. The summed E-state index contributed by atoms with van der Waals surface area (Å²) < 4.78 is 14.9. The Morgan fingerprint density at radius 2 is 1.82 bits per heavy atom. The van der Waals surface area contributed by atoms with Crippen LogP contribution in [0.1, 0.15) is 53.2 Å². The number of pyridine rings is 1. The number of carbonyl (C=O) groups excluding carboxylic acids is 1. The van der Waals surface area contributed by atoms with Crippen LogP contribution in [0, 0.1) is 12.7 Å². The van der Waals surface area contributed by atoms with Gasteiger partial charge in [0, 0.05) is 31.4 Å². The van der Waals surface area contributed by atoms with Gasteiger partial charge in [-0.3, -0.25) is 14.5 Å². The van der Waals surface area contributed by atoms with E-state index in [1.165, 1.54) is 12.1 Å². The number of benzene rings is 1. The first kappa shape index (κ1) is 27.3. The predicted molar refractivity (Wildman–Crippen MR) is 133 cm³/mol. The molecule has 2 aliphatic rings. The van der Waals surface area contributed by atoms with Crippen LogP contribution < -0.4 is 16.2 Å². The number of carbonyl (C=O) groups is 1. The van der Waals surface area contributed by atoms with Crippen molar-refractivity contribution in [3.63, 3.8) is 0 Å². The Hall–Kier alpha value is -1.93. The van der Waals surface area contributed by atoms with Crippen LogP contribution in [0.25, 0.3) is 0 Å². The van der Waals surface area contributed by atoms with E-state index < -0.39 is 0 Å². The number of hydrogen-bond acceptors (Lipinski definition) is 4. The van der Waals surface area contributed by atoms with Crippen molar-refractivity contribution in [1.29, 1.82) is 0 Å². The standard InChI is InChI=1S/C24H31FN4O2.2ClH/c1-17-10-14-29(21-8-11-26-12-9-21)24(31)22(17)23(30)27-20-3-2-13-28(16-20)15-18-4-6-19(25)7-5-18;;/h4-7,10,14,20-21,26H,2-3,8-9,11-13,15-16H2,1H3,(H,27,30);2*1H. The average molecular weight is 499 g/mol. The Morgan fingerprint density at radius 1 is 1.12 bits per heavy atom. The predicted octanol–water partition coefficient (Wildman–Crippen LogP) is 3.46. The number of likely N-dealkylation sites (tertiary alicyclic amines) is 1. The minimum atomic E-state index is -0.278. The van der Waals surface area contributed by atoms with Crippen LogP contribution in [0.3, 0.4) is 0 Å². The van der Waals surface area contributed by atoms with Gasteiger partial charge in [0.15, 0.2) is 0 Å². The fourth-order valence-electron chi connectivity index (χ4n) is 4.71. The van der Waals surface area contributed by atoms with Crippen LogP contribution in [0.15, 0.2) is 41.3 Å². The molecule has 2 saturated heterocycles. The molecule has 1 aromatic heterocycles. The van der Waals surface area contributed by atoms with Gasteiger partial charge in [0.25, 0.3) is 11.5 Å². The molecule has 2 fully saturated rings. The fraction of sp³-hybridized carbons (Fsp3) is 0.500. The average Bonchev–Trinajstić information content (AvgIpc) is 2.76. The van der Waals surface area contributed by atoms with E-state index in [1.54, 1.807) is 16.7 Å². The van der Waals surface area contributed by atoms with Crippen LogP contribution in [-0.2, 0) is 6.54 Å². The molecule has 0 saturated carbocycles. The molecule has 0 bridgehead atoms. The molecule has 0 spiro atoms. The number of amides is 1. The van der Waals surface area contributed by atoms with E-state index in [-0.39, 0.29) is 59.7 Å². The first-order valence-corrected chi connectivity index (χ1v) is 11.2. The molecule has 2 N–H and O–H groups in total. The highest BCUT2D eigenvalue weighted by Crippen LogP contribution is 2.18. The number of piperidine rings is 2. The first-order valence-electron chi connectivity index (χ1n) is 11.2. The topological polar surface area (TPSA) is 66.4 Å². The van der Waals surface area contributed by atoms with E-state index in [0.717, 1.165) is 64.0 Å². The maximum Gasteiger partial charge on any atom is 0.263 e. The van der Waals surface area contributed by atoms with Crippen molar-refractivity contribution in [2.24, 2.45) is 0 Å². The third-order valence-electron chi connectivity index (χ3n) is 6.42. The molecule has 2 aliphatic heterocycles. The van der Waals surface area contributed by atoms with E-state index in [1.807, 2.05) is 19.2 Å². The van der Waals surface area contributed by atoms with Crippen LogP contribution in [0.2, 0.25) is 0 Å². The van der Waals surface area contributed by atoms with E-state index in [0.29, 0.717) is 5.56 Å². The highest BCUT2D eigenvalue weighted by molar-refractivity contribution is 5.95. The quantitative estimate of drug-likeness (QED) is 0.662. The van der Waals surface area contributed by atoms with E-state index in [9.17, 15) is 14.0 Å². The Kier molecular flexibility index (Phi) is 10.4. The molecule has 33 heavy (non-hydrogen) atoms. The molecule has 182 valence electrons. The van der Waals surface area contributed by atoms with Crippen molar-refractivity contribution >= 4 is 30.7 Å². The summed E-state index contributed by atoms with van der Waals surface area (Å²) in [6, 6.07) is 8.56. The largest absolute Gasteiger partial charge is 0.348 e. The van der Waals surface area contributed by atoms with Gasteiger partial charge in [-0.05, 0) is 81.6 Å². The van der Waals surface area contributed by atoms with Crippen LogP contribution in [0.5, 0.6) is 0 Å². The summed E-state index contributed by atoms with van der Waals surface area (Å²) in [5.41, 5.74) is 1.84. The summed E-state index contributed by atoms with van der Waals surface area (Å²) in [5, 5.41) is 6.42. The highest BCUT2D eigenvalue weighted by atomic mass is 35.5. The second kappa shape index (κ2) is 12.5. The van der Waals surface area contributed by atoms with Gasteiger partial charge in [0.05, 0.1) is 0 Å². The maximum atomic E-state index is 13.2. The molecule has 6 nitrogen and oxygen atoms in total. The van der Waals surface area contributed by atoms with Gasteiger partial charge in [0.2, 0.25) is 0 Å². The molecule has 3 heterocycles. The second-order valence-electron chi connectivity index (χ2n) is 8.74. The van der Waals surface area contributed by atoms with E-state index in [2.05, 4.69) is 15.5 Å². The zero-order valence-electron chi connectivity index (χ0n) is 18.9. The Morgan fingerprint density at radius 3 is 2.52 bits per heavy atom. The number of aromatic nitrogens is 1. The summed E-state index contributed by atoms with van der Waals surface area (Å²) in [6.45, 7) is 5.98. The lowest BCUT2D eigenvalue weighted by molar-refractivity contribution is 0.0897. The highest BCUT2D eigenvalue weighted by Gasteiger charge is 2.25. The third-order valence-corrected chi connectivity index (χ3v) is 6.42. The van der Waals surface area contributed by atoms with E-state index >= 15 is 0 Å². The van der Waals surface area contributed by atoms with Crippen molar-refractivity contribution in [1.82, 2.24) is 20.1 Å². The number of nitrogens with zero attached hydrogens (tertiary/aromatic N) is 2. The van der Waals surface area contributed by atoms with Gasteiger partial charge < -0.3 is 15.2 Å². The van der Waals surface area contributed by atoms with Crippen molar-refractivity contribution in [2.75, 3.05) is 26.2 Å². The maximum absolute atomic E-state index is 13.2. The molecular formula is C24H33Cl2FN4O2. The summed E-state index contributed by atoms with van der Waals surface area (Å²) >= 11 is 0. The number of rotatable bonds is 5. The summed E-state index contributed by atoms with van der Waals surface area (Å²) in [6.07, 6.45) is 5.48. The smallest absolute Gasteiger partial charge is 0.263 e. The molecule has 1 unspecified atom stereocenters. The zero-order chi connectivity index (χ0) is 21.8. The zero-order valence-corrected chi connectivity index (χ0v) is 20.5. The van der Waals surface area contributed by atoms with Gasteiger partial charge in [-0.15, -0.1) is 24.8 Å². The number of nitrogens with one attached hydrogen (secondary N) is 2. The van der Waals surface area contributed by atoms with E-state index in [4.69, 9.17) is 0 Å². The molecule has 0 aliphatic carbocycles. The van der Waals surface area contributed by atoms with Gasteiger partial charge >= 0.3 is 0 Å². The summed E-state index contributed by atoms with van der Waals surface area (Å²) in [4.78, 5) is 28.5. The van der Waals surface area contributed by atoms with Crippen molar-refractivity contribution in [3.05, 3.63) is 69.4 Å². The van der Waals surface area contributed by atoms with Crippen LogP contribution in [0.4, 0.5) is 4.39 Å². The lowest BCUT2D eigenvalue weighted by atomic mass is 10.0. The normalized spacial score (nSPS) is 19.3. The number of hydrogen-bond donors (Lipinski definition) is 2. The monoisotopic (exact) mass is 498 g/mol. The van der Waals surface area contributed by atoms with Gasteiger partial charge in [-0.1, -0.05) is 12.1 Å². The molecule has 1 atom stereocenters. The molecule has 4 rings (SSSR count). The first-order chi connectivity index (χ1) is 15.0. The molecular weight excluding hydrogens is 466 g/mol. The van der Waals surface area contributed by atoms with Gasteiger partial charge in [0.1, 0.15) is 11.4 Å². The molecule has 9 heteroatoms.